The van der Waals surface area contributed by atoms with Gasteiger partial charge in [0, 0.05) is 6.54 Å². The predicted molar refractivity (Wildman–Crippen MR) is 48.2 cm³/mol. The lowest BCUT2D eigenvalue weighted by Gasteiger charge is -2.17. The Balaban J connectivity index is 2.48. The highest BCUT2D eigenvalue weighted by molar-refractivity contribution is 5.73. The molecule has 4 nitrogen and oxygen atoms in total. The molecule has 0 aromatic carbocycles. The van der Waals surface area contributed by atoms with E-state index in [-0.39, 0.29) is 11.9 Å². The third kappa shape index (κ3) is 2.97. The molecule has 0 saturated carbocycles. The number of carbonyl (C=O) groups is 1. The van der Waals surface area contributed by atoms with Crippen molar-refractivity contribution in [2.75, 3.05) is 19.7 Å². The van der Waals surface area contributed by atoms with Gasteiger partial charge in [0.15, 0.2) is 0 Å². The van der Waals surface area contributed by atoms with Crippen LogP contribution in [0.5, 0.6) is 0 Å². The maximum Gasteiger partial charge on any atom is 0.312 e. The van der Waals surface area contributed by atoms with Gasteiger partial charge in [0.25, 0.3) is 0 Å². The summed E-state index contributed by atoms with van der Waals surface area (Å²) in [6.45, 7) is 3.55. The van der Waals surface area contributed by atoms with Crippen molar-refractivity contribution in [3.8, 4) is 0 Å². The van der Waals surface area contributed by atoms with Crippen molar-refractivity contribution in [1.82, 2.24) is 5.32 Å². The highest BCUT2D eigenvalue weighted by atomic mass is 16.5. The lowest BCUT2D eigenvalue weighted by molar-refractivity contribution is -0.151. The minimum Gasteiger partial charge on any atom is -0.466 e. The van der Waals surface area contributed by atoms with Crippen molar-refractivity contribution in [3.63, 3.8) is 0 Å². The highest BCUT2D eigenvalue weighted by Crippen LogP contribution is 2.13. The fraction of sp³-hybridized carbons (Fsp3) is 0.889. The molecule has 1 fully saturated rings. The lowest BCUT2D eigenvalue weighted by Crippen LogP contribution is -2.35. The Morgan fingerprint density at radius 2 is 2.46 bits per heavy atom. The quantitative estimate of drug-likeness (QED) is 0.593. The van der Waals surface area contributed by atoms with Gasteiger partial charge in [0.1, 0.15) is 0 Å². The topological polar surface area (TPSA) is 58.6 Å². The number of esters is 1. The van der Waals surface area contributed by atoms with Gasteiger partial charge < -0.3 is 15.2 Å². The molecular weight excluding hydrogens is 170 g/mol. The van der Waals surface area contributed by atoms with Gasteiger partial charge in [-0.1, -0.05) is 0 Å². The molecule has 13 heavy (non-hydrogen) atoms. The molecule has 0 aliphatic carbocycles. The third-order valence-corrected chi connectivity index (χ3v) is 2.27. The maximum atomic E-state index is 11.3. The van der Waals surface area contributed by atoms with Gasteiger partial charge in [0.05, 0.1) is 18.6 Å². The average Bonchev–Trinajstić information content (AvgIpc) is 2.30. The summed E-state index contributed by atoms with van der Waals surface area (Å²) in [5.74, 6) is -0.674. The van der Waals surface area contributed by atoms with Crippen LogP contribution < -0.4 is 5.32 Å². The summed E-state index contributed by atoms with van der Waals surface area (Å²) in [7, 11) is 0. The van der Waals surface area contributed by atoms with Crippen LogP contribution in [0.2, 0.25) is 0 Å². The van der Waals surface area contributed by atoms with E-state index in [1.807, 2.05) is 0 Å². The van der Waals surface area contributed by atoms with Crippen LogP contribution in [0.4, 0.5) is 0 Å². The number of nitrogens with one attached hydrogen (secondary N) is 1. The van der Waals surface area contributed by atoms with E-state index in [1.54, 1.807) is 6.92 Å². The van der Waals surface area contributed by atoms with E-state index in [0.29, 0.717) is 19.6 Å². The van der Waals surface area contributed by atoms with Crippen LogP contribution in [0.1, 0.15) is 19.8 Å². The van der Waals surface area contributed by atoms with Gasteiger partial charge in [0.2, 0.25) is 0 Å². The van der Waals surface area contributed by atoms with Crippen LogP contribution in [0.25, 0.3) is 0 Å². The van der Waals surface area contributed by atoms with Crippen molar-refractivity contribution < 1.29 is 14.6 Å². The number of aliphatic hydroxyl groups is 1. The molecule has 0 bridgehead atoms. The summed E-state index contributed by atoms with van der Waals surface area (Å²) in [6.07, 6.45) is 1.04. The fourth-order valence-corrected chi connectivity index (χ4v) is 1.52. The van der Waals surface area contributed by atoms with E-state index < -0.39 is 6.10 Å². The van der Waals surface area contributed by atoms with Crippen molar-refractivity contribution in [1.29, 1.82) is 0 Å². The Bertz CT molecular complexity index is 172. The molecule has 4 heteroatoms. The summed E-state index contributed by atoms with van der Waals surface area (Å²) in [4.78, 5) is 11.3. The monoisotopic (exact) mass is 187 g/mol. The van der Waals surface area contributed by atoms with Crippen LogP contribution in [-0.4, -0.2) is 36.9 Å². The summed E-state index contributed by atoms with van der Waals surface area (Å²) in [5.41, 5.74) is 0. The highest BCUT2D eigenvalue weighted by Gasteiger charge is 2.28. The molecule has 1 heterocycles. The van der Waals surface area contributed by atoms with Crippen LogP contribution in [0.3, 0.4) is 0 Å². The Kier molecular flexibility index (Phi) is 4.18. The van der Waals surface area contributed by atoms with Gasteiger partial charge in [-0.3, -0.25) is 4.79 Å². The molecule has 0 unspecified atom stereocenters. The van der Waals surface area contributed by atoms with Crippen molar-refractivity contribution in [3.05, 3.63) is 0 Å². The van der Waals surface area contributed by atoms with E-state index in [4.69, 9.17) is 4.74 Å². The molecule has 1 saturated heterocycles. The number of ether oxygens (including phenoxy) is 1. The molecule has 0 spiro atoms. The molecule has 1 aliphatic heterocycles. The number of rotatable bonds is 2. The van der Waals surface area contributed by atoms with Crippen LogP contribution in [0, 0.1) is 5.92 Å². The van der Waals surface area contributed by atoms with Gasteiger partial charge >= 0.3 is 5.97 Å². The van der Waals surface area contributed by atoms with Gasteiger partial charge in [-0.15, -0.1) is 0 Å². The standard InChI is InChI=1S/C9H17NO3/c1-2-13-9(12)7-6-10-5-3-4-8(7)11/h7-8,10-11H,2-6H2,1H3/t7-,8-/m1/s1. The zero-order chi connectivity index (χ0) is 9.68. The summed E-state index contributed by atoms with van der Waals surface area (Å²) < 4.78 is 4.87. The van der Waals surface area contributed by atoms with E-state index in [2.05, 4.69) is 5.32 Å². The Labute approximate surface area is 78.3 Å². The second-order valence-electron chi connectivity index (χ2n) is 3.27. The minimum atomic E-state index is -0.547. The Morgan fingerprint density at radius 1 is 1.69 bits per heavy atom. The van der Waals surface area contributed by atoms with Gasteiger partial charge in [-0.05, 0) is 26.3 Å². The lowest BCUT2D eigenvalue weighted by atomic mass is 10.0. The molecule has 1 aliphatic rings. The van der Waals surface area contributed by atoms with E-state index in [9.17, 15) is 9.90 Å². The van der Waals surface area contributed by atoms with E-state index in [0.717, 1.165) is 13.0 Å². The third-order valence-electron chi connectivity index (χ3n) is 2.27. The summed E-state index contributed by atoms with van der Waals surface area (Å²) in [5, 5.41) is 12.7. The fourth-order valence-electron chi connectivity index (χ4n) is 1.52. The first-order valence-corrected chi connectivity index (χ1v) is 4.81. The summed E-state index contributed by atoms with van der Waals surface area (Å²) in [6, 6.07) is 0. The number of carbonyl (C=O) groups excluding carboxylic acids is 1. The maximum absolute atomic E-state index is 11.3. The molecule has 0 aromatic rings. The van der Waals surface area contributed by atoms with Crippen LogP contribution in [0.15, 0.2) is 0 Å². The Hall–Kier alpha value is -0.610. The first kappa shape index (κ1) is 10.5. The minimum absolute atomic E-state index is 0.288. The number of hydrogen-bond acceptors (Lipinski definition) is 4. The molecule has 2 N–H and O–H groups in total. The van der Waals surface area contributed by atoms with Crippen molar-refractivity contribution in [2.24, 2.45) is 5.92 Å². The van der Waals surface area contributed by atoms with Crippen molar-refractivity contribution in [2.45, 2.75) is 25.9 Å². The van der Waals surface area contributed by atoms with E-state index in [1.165, 1.54) is 0 Å². The first-order valence-electron chi connectivity index (χ1n) is 4.81. The number of aliphatic hydroxyl groups excluding tert-OH is 1. The van der Waals surface area contributed by atoms with Crippen LogP contribution >= 0.6 is 0 Å². The Morgan fingerprint density at radius 3 is 3.15 bits per heavy atom. The largest absolute Gasteiger partial charge is 0.466 e. The summed E-state index contributed by atoms with van der Waals surface area (Å²) >= 11 is 0. The van der Waals surface area contributed by atoms with Crippen LogP contribution in [-0.2, 0) is 9.53 Å². The normalized spacial score (nSPS) is 29.4. The predicted octanol–water partition coefficient (Wildman–Crippen LogP) is -0.0900. The van der Waals surface area contributed by atoms with E-state index >= 15 is 0 Å². The SMILES string of the molecule is CCOC(=O)[C@@H]1CNCCC[C@H]1O. The molecule has 0 aromatic heterocycles. The first-order chi connectivity index (χ1) is 6.25. The second-order valence-corrected chi connectivity index (χ2v) is 3.27. The molecule has 0 amide bonds. The second kappa shape index (κ2) is 5.19. The molecule has 1 rings (SSSR count). The molecule has 2 atom stereocenters. The smallest absolute Gasteiger partial charge is 0.312 e. The zero-order valence-corrected chi connectivity index (χ0v) is 7.95. The zero-order valence-electron chi connectivity index (χ0n) is 7.95. The average molecular weight is 187 g/mol. The number of hydrogen-bond donors (Lipinski definition) is 2. The molecule has 76 valence electrons. The molecule has 0 radical (unpaired) electrons. The van der Waals surface area contributed by atoms with Gasteiger partial charge in [-0.25, -0.2) is 0 Å². The molecular formula is C9H17NO3. The van der Waals surface area contributed by atoms with Crippen molar-refractivity contribution >= 4 is 5.97 Å². The van der Waals surface area contributed by atoms with Gasteiger partial charge in [-0.2, -0.15) is 0 Å².